The smallest absolute Gasteiger partial charge is 0.331 e. The molecule has 0 N–H and O–H groups in total. The predicted molar refractivity (Wildman–Crippen MR) is 110 cm³/mol. The van der Waals surface area contributed by atoms with Gasteiger partial charge in [0.25, 0.3) is 5.56 Å². The normalized spacial score (nSPS) is 16.4. The second-order valence-electron chi connectivity index (χ2n) is 6.95. The van der Waals surface area contributed by atoms with E-state index in [4.69, 9.17) is 4.74 Å². The van der Waals surface area contributed by atoms with Gasteiger partial charge in [0.15, 0.2) is 0 Å². The third-order valence-corrected chi connectivity index (χ3v) is 6.32. The summed E-state index contributed by atoms with van der Waals surface area (Å²) in [6, 6.07) is 13.9. The van der Waals surface area contributed by atoms with Crippen LogP contribution in [0.4, 0.5) is 0 Å². The Morgan fingerprint density at radius 3 is 2.54 bits per heavy atom. The van der Waals surface area contributed by atoms with Gasteiger partial charge in [-0.2, -0.15) is 0 Å². The fourth-order valence-electron chi connectivity index (χ4n) is 4.13. The number of thiophene rings is 1. The molecule has 0 amide bonds. The van der Waals surface area contributed by atoms with Crippen LogP contribution in [0.2, 0.25) is 0 Å². The Kier molecular flexibility index (Phi) is 3.89. The Labute approximate surface area is 164 Å². The Morgan fingerprint density at radius 1 is 1.04 bits per heavy atom. The van der Waals surface area contributed by atoms with E-state index >= 15 is 0 Å². The van der Waals surface area contributed by atoms with Crippen LogP contribution in [-0.2, 0) is 25.4 Å². The van der Waals surface area contributed by atoms with Gasteiger partial charge in [-0.3, -0.25) is 13.9 Å². The summed E-state index contributed by atoms with van der Waals surface area (Å²) in [6.07, 6.45) is -0.300. The van der Waals surface area contributed by atoms with Crippen LogP contribution >= 0.6 is 11.3 Å². The molecule has 0 radical (unpaired) electrons. The number of aromatic nitrogens is 3. The molecule has 6 nitrogen and oxygen atoms in total. The van der Waals surface area contributed by atoms with Gasteiger partial charge < -0.3 is 9.30 Å². The van der Waals surface area contributed by atoms with Crippen molar-refractivity contribution in [1.29, 1.82) is 0 Å². The topological polar surface area (TPSA) is 58.2 Å². The lowest BCUT2D eigenvalue weighted by molar-refractivity contribution is 0.0500. The summed E-state index contributed by atoms with van der Waals surface area (Å²) in [5.74, 6) is 0. The zero-order valence-electron chi connectivity index (χ0n) is 15.6. The average molecular weight is 393 g/mol. The molecule has 142 valence electrons. The summed E-state index contributed by atoms with van der Waals surface area (Å²) in [5, 5.41) is 2.58. The maximum Gasteiger partial charge on any atom is 0.331 e. The van der Waals surface area contributed by atoms with Gasteiger partial charge in [-0.25, -0.2) is 4.79 Å². The quantitative estimate of drug-likeness (QED) is 0.526. The first-order valence-electron chi connectivity index (χ1n) is 9.12. The molecule has 0 fully saturated rings. The first-order valence-corrected chi connectivity index (χ1v) is 10.00. The molecule has 0 saturated carbocycles. The van der Waals surface area contributed by atoms with Crippen molar-refractivity contribution < 1.29 is 4.74 Å². The lowest BCUT2D eigenvalue weighted by atomic mass is 10.1. The number of rotatable bonds is 2. The minimum absolute atomic E-state index is 0.274. The largest absolute Gasteiger partial charge is 0.364 e. The van der Waals surface area contributed by atoms with Crippen LogP contribution < -0.4 is 11.2 Å². The van der Waals surface area contributed by atoms with E-state index in [9.17, 15) is 9.59 Å². The minimum Gasteiger partial charge on any atom is -0.364 e. The summed E-state index contributed by atoms with van der Waals surface area (Å²) in [7, 11) is 3.25. The third-order valence-electron chi connectivity index (χ3n) is 5.40. The lowest BCUT2D eigenvalue weighted by Gasteiger charge is -2.26. The molecule has 3 aromatic heterocycles. The van der Waals surface area contributed by atoms with Crippen LogP contribution in [0, 0.1) is 0 Å². The van der Waals surface area contributed by atoms with Crippen molar-refractivity contribution in [2.45, 2.75) is 12.6 Å². The van der Waals surface area contributed by atoms with E-state index in [2.05, 4.69) is 4.57 Å². The van der Waals surface area contributed by atoms with Crippen molar-refractivity contribution in [1.82, 2.24) is 13.7 Å². The van der Waals surface area contributed by atoms with Gasteiger partial charge in [0, 0.05) is 25.5 Å². The maximum absolute atomic E-state index is 13.2. The first kappa shape index (κ1) is 17.2. The standard InChI is InChI=1S/C21H19N3O3S/c1-22-17-15(20(25)23(2)21(22)26)16(13-7-4-3-5-8-13)24-10-11-27-19(18(17)24)14-9-6-12-28-14/h3-9,12,19H,10-11H2,1-2H3/t19-/m0/s1. The Hall–Kier alpha value is -2.90. The van der Waals surface area contributed by atoms with Gasteiger partial charge in [-0.05, 0) is 17.0 Å². The molecule has 0 spiro atoms. The zero-order chi connectivity index (χ0) is 19.4. The van der Waals surface area contributed by atoms with Crippen molar-refractivity contribution in [3.05, 3.63) is 79.3 Å². The second kappa shape index (κ2) is 6.32. The number of ether oxygens (including phenoxy) is 1. The van der Waals surface area contributed by atoms with Crippen LogP contribution in [0.15, 0.2) is 57.4 Å². The molecule has 1 aromatic carbocycles. The molecule has 4 aromatic rings. The Morgan fingerprint density at radius 2 is 1.82 bits per heavy atom. The monoisotopic (exact) mass is 393 g/mol. The van der Waals surface area contributed by atoms with E-state index in [0.717, 1.165) is 21.8 Å². The summed E-state index contributed by atoms with van der Waals surface area (Å²) < 4.78 is 11.1. The molecule has 0 saturated heterocycles. The van der Waals surface area contributed by atoms with Crippen LogP contribution in [-0.4, -0.2) is 20.3 Å². The van der Waals surface area contributed by atoms with Gasteiger partial charge >= 0.3 is 5.69 Å². The Bertz CT molecular complexity index is 1300. The minimum atomic E-state index is -0.332. The molecule has 7 heteroatoms. The fraction of sp³-hybridized carbons (Fsp3) is 0.238. The molecule has 0 aliphatic carbocycles. The molecule has 5 rings (SSSR count). The molecule has 4 heterocycles. The predicted octanol–water partition coefficient (Wildman–Crippen LogP) is 2.89. The van der Waals surface area contributed by atoms with E-state index in [1.807, 2.05) is 47.8 Å². The van der Waals surface area contributed by atoms with Crippen LogP contribution in [0.25, 0.3) is 22.2 Å². The maximum atomic E-state index is 13.2. The zero-order valence-corrected chi connectivity index (χ0v) is 16.4. The summed E-state index contributed by atoms with van der Waals surface area (Å²) >= 11 is 1.62. The lowest BCUT2D eigenvalue weighted by Crippen LogP contribution is -2.37. The van der Waals surface area contributed by atoms with Crippen molar-refractivity contribution in [2.24, 2.45) is 14.1 Å². The summed E-state index contributed by atoms with van der Waals surface area (Å²) in [4.78, 5) is 27.0. The van der Waals surface area contributed by atoms with Crippen LogP contribution in [0.3, 0.4) is 0 Å². The van der Waals surface area contributed by atoms with Crippen molar-refractivity contribution in [2.75, 3.05) is 6.61 Å². The molecular weight excluding hydrogens is 374 g/mol. The molecule has 0 bridgehead atoms. The highest BCUT2D eigenvalue weighted by Gasteiger charge is 2.33. The molecule has 0 unspecified atom stereocenters. The third kappa shape index (κ3) is 2.30. The van der Waals surface area contributed by atoms with E-state index in [-0.39, 0.29) is 17.4 Å². The summed E-state index contributed by atoms with van der Waals surface area (Å²) in [5.41, 5.74) is 2.74. The van der Waals surface area contributed by atoms with Crippen molar-refractivity contribution in [3.63, 3.8) is 0 Å². The highest BCUT2D eigenvalue weighted by atomic mass is 32.1. The van der Waals surface area contributed by atoms with E-state index in [1.165, 1.54) is 11.6 Å². The summed E-state index contributed by atoms with van der Waals surface area (Å²) in [6.45, 7) is 1.18. The molecule has 1 aliphatic rings. The highest BCUT2D eigenvalue weighted by molar-refractivity contribution is 7.10. The van der Waals surface area contributed by atoms with Crippen LogP contribution in [0.5, 0.6) is 0 Å². The van der Waals surface area contributed by atoms with Gasteiger partial charge in [0.05, 0.1) is 28.9 Å². The van der Waals surface area contributed by atoms with Crippen molar-refractivity contribution in [3.8, 4) is 11.3 Å². The Balaban J connectivity index is 1.99. The molecular formula is C21H19N3O3S. The second-order valence-corrected chi connectivity index (χ2v) is 7.93. The number of benzene rings is 1. The number of nitrogens with zero attached hydrogens (tertiary/aromatic N) is 3. The van der Waals surface area contributed by atoms with Gasteiger partial charge in [-0.1, -0.05) is 36.4 Å². The fourth-order valence-corrected chi connectivity index (χ4v) is 4.91. The molecule has 28 heavy (non-hydrogen) atoms. The number of aryl methyl sites for hydroxylation is 1. The molecule has 1 atom stereocenters. The molecule has 1 aliphatic heterocycles. The van der Waals surface area contributed by atoms with E-state index in [0.29, 0.717) is 24.1 Å². The van der Waals surface area contributed by atoms with Crippen LogP contribution in [0.1, 0.15) is 16.7 Å². The van der Waals surface area contributed by atoms with E-state index in [1.54, 1.807) is 23.0 Å². The van der Waals surface area contributed by atoms with E-state index < -0.39 is 0 Å². The highest BCUT2D eigenvalue weighted by Crippen LogP contribution is 2.41. The van der Waals surface area contributed by atoms with Crippen molar-refractivity contribution >= 4 is 22.2 Å². The average Bonchev–Trinajstić information content (AvgIpc) is 3.37. The SMILES string of the molecule is Cn1c(=O)c2c(-c3ccccc3)n3c(c2n(C)c1=O)[C@H](c1cccs1)OCC3. The van der Waals surface area contributed by atoms with Gasteiger partial charge in [0.1, 0.15) is 6.10 Å². The first-order chi connectivity index (χ1) is 13.6. The number of hydrogen-bond donors (Lipinski definition) is 0. The van der Waals surface area contributed by atoms with Gasteiger partial charge in [0.2, 0.25) is 0 Å². The van der Waals surface area contributed by atoms with Gasteiger partial charge in [-0.15, -0.1) is 11.3 Å². The number of hydrogen-bond acceptors (Lipinski definition) is 4. The number of fused-ring (bicyclic) bond motifs is 3.